The highest BCUT2D eigenvalue weighted by Gasteiger charge is 2.59. The first kappa shape index (κ1) is 30.4. The summed E-state index contributed by atoms with van der Waals surface area (Å²) in [6, 6.07) is 5.54. The molecule has 0 radical (unpaired) electrons. The van der Waals surface area contributed by atoms with Gasteiger partial charge in [-0.15, -0.1) is 0 Å². The zero-order valence-electron chi connectivity index (χ0n) is 26.8. The zero-order valence-corrected chi connectivity index (χ0v) is 26.8. The van der Waals surface area contributed by atoms with Crippen molar-refractivity contribution >= 4 is 5.97 Å². The molecular formula is C38H56O3. The predicted octanol–water partition coefficient (Wildman–Crippen LogP) is 10.5. The lowest BCUT2D eigenvalue weighted by atomic mass is 9.46. The number of carboxylic acid groups (broad SMARTS) is 1. The van der Waals surface area contributed by atoms with Crippen LogP contribution in [-0.4, -0.2) is 17.7 Å². The summed E-state index contributed by atoms with van der Waals surface area (Å²) in [5.74, 6) is 5.17. The Morgan fingerprint density at radius 3 is 2.56 bits per heavy atom. The first-order valence-electron chi connectivity index (χ1n) is 16.8. The number of carbonyl (C=O) groups is 1. The van der Waals surface area contributed by atoms with Crippen molar-refractivity contribution in [2.24, 2.45) is 46.3 Å². The number of aromatic carboxylic acids is 1. The van der Waals surface area contributed by atoms with E-state index in [9.17, 15) is 9.90 Å². The molecule has 0 bridgehead atoms. The largest absolute Gasteiger partial charge is 0.489 e. The Balaban J connectivity index is 1.33. The minimum absolute atomic E-state index is 0.238. The molecule has 5 rings (SSSR count). The Bertz CT molecular complexity index is 1160. The van der Waals surface area contributed by atoms with Gasteiger partial charge in [0.1, 0.15) is 12.4 Å². The van der Waals surface area contributed by atoms with Crippen LogP contribution in [0.5, 0.6) is 5.75 Å². The second-order valence-electron chi connectivity index (χ2n) is 15.5. The van der Waals surface area contributed by atoms with Crippen LogP contribution in [0.15, 0.2) is 42.0 Å². The molecule has 0 saturated heterocycles. The minimum Gasteiger partial charge on any atom is -0.489 e. The molecule has 4 aliphatic carbocycles. The number of carboxylic acids is 1. The fourth-order valence-corrected chi connectivity index (χ4v) is 10.3. The van der Waals surface area contributed by atoms with Gasteiger partial charge in [-0.3, -0.25) is 0 Å². The number of allylic oxidation sites excluding steroid dienone is 2. The first-order chi connectivity index (χ1) is 19.4. The van der Waals surface area contributed by atoms with Crippen molar-refractivity contribution in [3.05, 3.63) is 53.1 Å². The van der Waals surface area contributed by atoms with Crippen LogP contribution >= 0.6 is 0 Å². The summed E-state index contributed by atoms with van der Waals surface area (Å²) < 4.78 is 5.93. The summed E-state index contributed by atoms with van der Waals surface area (Å²) >= 11 is 0. The Labute approximate surface area is 250 Å². The zero-order chi connectivity index (χ0) is 29.5. The van der Waals surface area contributed by atoms with Gasteiger partial charge >= 0.3 is 5.97 Å². The summed E-state index contributed by atoms with van der Waals surface area (Å²) in [4.78, 5) is 12.2. The van der Waals surface area contributed by atoms with E-state index in [2.05, 4.69) is 47.3 Å². The molecule has 3 heteroatoms. The van der Waals surface area contributed by atoms with Crippen LogP contribution in [0.3, 0.4) is 0 Å². The smallest absolute Gasteiger partial charge is 0.335 e. The van der Waals surface area contributed by atoms with Gasteiger partial charge in [-0.05, 0) is 140 Å². The second kappa shape index (κ2) is 11.9. The maximum absolute atomic E-state index is 12.2. The molecular weight excluding hydrogens is 504 g/mol. The number of benzene rings is 1. The normalized spacial score (nSPS) is 35.2. The van der Waals surface area contributed by atoms with E-state index < -0.39 is 5.97 Å². The van der Waals surface area contributed by atoms with E-state index in [1.165, 1.54) is 57.8 Å². The lowest BCUT2D eigenvalue weighted by Gasteiger charge is -2.58. The number of fused-ring (bicyclic) bond motifs is 5. The number of hydrogen-bond donors (Lipinski definition) is 1. The van der Waals surface area contributed by atoms with Crippen molar-refractivity contribution < 1.29 is 14.6 Å². The van der Waals surface area contributed by atoms with Crippen LogP contribution in [0.2, 0.25) is 0 Å². The first-order valence-corrected chi connectivity index (χ1v) is 16.8. The Hall–Kier alpha value is -2.03. The third-order valence-corrected chi connectivity index (χ3v) is 12.5. The highest BCUT2D eigenvalue weighted by Crippen LogP contribution is 2.68. The van der Waals surface area contributed by atoms with Crippen molar-refractivity contribution in [1.82, 2.24) is 0 Å². The maximum atomic E-state index is 12.2. The van der Waals surface area contributed by atoms with Gasteiger partial charge in [-0.25, -0.2) is 4.79 Å². The molecule has 4 aliphatic rings. The van der Waals surface area contributed by atoms with Crippen LogP contribution < -0.4 is 4.74 Å². The van der Waals surface area contributed by atoms with Crippen molar-refractivity contribution in [3.8, 4) is 5.75 Å². The minimum atomic E-state index is -0.835. The van der Waals surface area contributed by atoms with Crippen molar-refractivity contribution in [2.75, 3.05) is 6.61 Å². The molecule has 0 heterocycles. The van der Waals surface area contributed by atoms with Gasteiger partial charge in [0, 0.05) is 0 Å². The van der Waals surface area contributed by atoms with Crippen LogP contribution in [-0.2, 0) is 0 Å². The summed E-state index contributed by atoms with van der Waals surface area (Å²) in [7, 11) is 0. The quantitative estimate of drug-likeness (QED) is 0.290. The lowest BCUT2D eigenvalue weighted by Crippen LogP contribution is -2.50. The van der Waals surface area contributed by atoms with Crippen molar-refractivity contribution in [2.45, 2.75) is 118 Å². The fourth-order valence-electron chi connectivity index (χ4n) is 10.3. The number of hydrogen-bond acceptors (Lipinski definition) is 2. The maximum Gasteiger partial charge on any atom is 0.335 e. The third kappa shape index (κ3) is 5.81. The molecule has 3 nitrogen and oxygen atoms in total. The molecule has 3 saturated carbocycles. The summed E-state index contributed by atoms with van der Waals surface area (Å²) in [6.07, 6.45) is 16.9. The molecule has 226 valence electrons. The Morgan fingerprint density at radius 1 is 1.07 bits per heavy atom. The van der Waals surface area contributed by atoms with Crippen LogP contribution in [0.4, 0.5) is 0 Å². The van der Waals surface area contributed by atoms with Crippen molar-refractivity contribution in [1.29, 1.82) is 0 Å². The Kier molecular flexibility index (Phi) is 8.85. The molecule has 0 amide bonds. The molecule has 3 fully saturated rings. The van der Waals surface area contributed by atoms with Gasteiger partial charge in [0.25, 0.3) is 0 Å². The lowest BCUT2D eigenvalue weighted by molar-refractivity contribution is -0.0510. The topological polar surface area (TPSA) is 46.5 Å². The van der Waals surface area contributed by atoms with Crippen molar-refractivity contribution in [3.63, 3.8) is 0 Å². The molecule has 0 unspecified atom stereocenters. The summed E-state index contributed by atoms with van der Waals surface area (Å²) in [5.41, 5.74) is 4.73. The molecule has 1 N–H and O–H groups in total. The molecule has 0 spiro atoms. The predicted molar refractivity (Wildman–Crippen MR) is 169 cm³/mol. The molecule has 0 aliphatic heterocycles. The molecule has 0 aromatic heterocycles. The SMILES string of the molecule is C=C(C)COc1ccc(C(=O)O)c([C@H]2CC[C@@]3(C)C(=CC[C@H]4[C@@H]5CC[C@H]([C@H](C)CCCC(C)C)[C@@]5(C)CC[C@@H]43)C2)c1. The van der Waals surface area contributed by atoms with Gasteiger partial charge in [0.15, 0.2) is 0 Å². The van der Waals surface area contributed by atoms with Crippen LogP contribution in [0, 0.1) is 46.3 Å². The summed E-state index contributed by atoms with van der Waals surface area (Å²) in [6.45, 7) is 18.9. The van der Waals surface area contributed by atoms with Gasteiger partial charge < -0.3 is 9.84 Å². The van der Waals surface area contributed by atoms with Gasteiger partial charge in [-0.2, -0.15) is 0 Å². The number of rotatable bonds is 10. The average molecular weight is 561 g/mol. The standard InChI is InChI=1S/C38H56O3/c1-24(2)9-8-10-26(5)33-15-16-34-31-13-11-28-21-27(17-19-37(28,6)35(31)18-20-38(33,34)7)32-22-29(41-23-25(3)4)12-14-30(32)36(39)40/h11-12,14,22,24,26-27,31,33-35H,3,8-10,13,15-21,23H2,1-2,4-7H3,(H,39,40)/t26-,27+,31+,33-,34+,35+,37+,38-/m1/s1. The summed E-state index contributed by atoms with van der Waals surface area (Å²) in [5, 5.41) is 10.0. The third-order valence-electron chi connectivity index (χ3n) is 12.5. The van der Waals surface area contributed by atoms with E-state index in [4.69, 9.17) is 4.74 Å². The van der Waals surface area contributed by atoms with Gasteiger partial charge in [0.2, 0.25) is 0 Å². The van der Waals surface area contributed by atoms with Gasteiger partial charge in [0.05, 0.1) is 5.56 Å². The van der Waals surface area contributed by atoms with E-state index in [0.29, 0.717) is 17.6 Å². The second-order valence-corrected chi connectivity index (χ2v) is 15.5. The van der Waals surface area contributed by atoms with E-state index in [1.54, 1.807) is 17.7 Å². The fraction of sp³-hybridized carbons (Fsp3) is 0.711. The van der Waals surface area contributed by atoms with Gasteiger partial charge in [-0.1, -0.05) is 72.1 Å². The van der Waals surface area contributed by atoms with E-state index in [0.717, 1.165) is 65.2 Å². The van der Waals surface area contributed by atoms with Crippen LogP contribution in [0.1, 0.15) is 134 Å². The molecule has 8 atom stereocenters. The molecule has 1 aromatic carbocycles. The molecule has 1 aromatic rings. The van der Waals surface area contributed by atoms with E-state index in [1.807, 2.05) is 13.0 Å². The molecule has 41 heavy (non-hydrogen) atoms. The highest BCUT2D eigenvalue weighted by molar-refractivity contribution is 5.90. The highest BCUT2D eigenvalue weighted by atomic mass is 16.5. The van der Waals surface area contributed by atoms with E-state index in [-0.39, 0.29) is 11.3 Å². The van der Waals surface area contributed by atoms with Crippen LogP contribution in [0.25, 0.3) is 0 Å². The number of ether oxygens (including phenoxy) is 1. The average Bonchev–Trinajstić information content (AvgIpc) is 3.28. The van der Waals surface area contributed by atoms with E-state index >= 15 is 0 Å². The Morgan fingerprint density at radius 2 is 1.85 bits per heavy atom. The monoisotopic (exact) mass is 560 g/mol.